The van der Waals surface area contributed by atoms with Gasteiger partial charge in [-0.15, -0.1) is 0 Å². The molecule has 2 saturated heterocycles. The summed E-state index contributed by atoms with van der Waals surface area (Å²) in [5.74, 6) is 0.0928. The number of carbonyl (C=O) groups is 4. The van der Waals surface area contributed by atoms with Crippen LogP contribution in [0.5, 0.6) is 5.75 Å². The molecule has 0 atom stereocenters. The van der Waals surface area contributed by atoms with Gasteiger partial charge in [0.05, 0.1) is 17.6 Å². The second kappa shape index (κ2) is 13.0. The predicted molar refractivity (Wildman–Crippen MR) is 152 cm³/mol. The second-order valence-electron chi connectivity index (χ2n) is 9.91. The van der Waals surface area contributed by atoms with Gasteiger partial charge in [0, 0.05) is 57.8 Å². The summed E-state index contributed by atoms with van der Waals surface area (Å²) in [7, 11) is 0. The highest BCUT2D eigenvalue weighted by atomic mass is 16.6. The van der Waals surface area contributed by atoms with Crippen LogP contribution < -0.4 is 20.3 Å². The number of nitrogens with one attached hydrogen (secondary N) is 2. The van der Waals surface area contributed by atoms with Crippen LogP contribution in [0.15, 0.2) is 71.3 Å². The van der Waals surface area contributed by atoms with Gasteiger partial charge in [-0.2, -0.15) is 0 Å². The third-order valence-electron chi connectivity index (χ3n) is 7.14. The van der Waals surface area contributed by atoms with E-state index in [1.54, 1.807) is 59.5 Å². The lowest BCUT2D eigenvalue weighted by atomic mass is 10.1. The smallest absolute Gasteiger partial charge is 0.415 e. The number of para-hydroxylation sites is 1. The normalized spacial score (nSPS) is 15.1. The van der Waals surface area contributed by atoms with E-state index in [2.05, 4.69) is 15.5 Å². The second-order valence-corrected chi connectivity index (χ2v) is 9.91. The van der Waals surface area contributed by atoms with Crippen molar-refractivity contribution in [1.82, 2.24) is 15.1 Å². The largest absolute Gasteiger partial charge is 0.459 e. The molecule has 3 aromatic rings. The number of hydrogen-bond acceptors (Lipinski definition) is 7. The molecule has 2 fully saturated rings. The fourth-order valence-electron chi connectivity index (χ4n) is 4.94. The number of ether oxygens (including phenoxy) is 1. The van der Waals surface area contributed by atoms with Crippen molar-refractivity contribution in [3.05, 3.63) is 78.3 Å². The monoisotopic (exact) mass is 559 g/mol. The Kier molecular flexibility index (Phi) is 8.82. The lowest BCUT2D eigenvalue weighted by molar-refractivity contribution is -0.127. The molecule has 3 heterocycles. The SMILES string of the molecule is O=C(NCCCN1CCCC1=O)c1ccc(N2CCN(C(=O)Oc3ccccc3)CC2)c(NC(=O)c2ccco2)c1. The number of carbonyl (C=O) groups excluding carboxylic acids is 4. The minimum Gasteiger partial charge on any atom is -0.459 e. The maximum absolute atomic E-state index is 12.9. The van der Waals surface area contributed by atoms with E-state index < -0.39 is 12.0 Å². The van der Waals surface area contributed by atoms with Crippen LogP contribution in [0, 0.1) is 0 Å². The number of piperazine rings is 1. The van der Waals surface area contributed by atoms with Crippen LogP contribution in [0.4, 0.5) is 16.2 Å². The Bertz CT molecular complexity index is 1370. The first-order valence-corrected chi connectivity index (χ1v) is 13.8. The molecule has 0 bridgehead atoms. The van der Waals surface area contributed by atoms with Crippen LogP contribution in [-0.4, -0.2) is 79.4 Å². The van der Waals surface area contributed by atoms with Crippen molar-refractivity contribution in [3.8, 4) is 5.75 Å². The lowest BCUT2D eigenvalue weighted by Gasteiger charge is -2.36. The zero-order chi connectivity index (χ0) is 28.6. The van der Waals surface area contributed by atoms with Crippen LogP contribution in [-0.2, 0) is 4.79 Å². The molecular formula is C30H33N5O6. The maximum atomic E-state index is 12.9. The summed E-state index contributed by atoms with van der Waals surface area (Å²) >= 11 is 0. The number of nitrogens with zero attached hydrogens (tertiary/aromatic N) is 3. The molecule has 214 valence electrons. The van der Waals surface area contributed by atoms with Crippen LogP contribution >= 0.6 is 0 Å². The van der Waals surface area contributed by atoms with E-state index in [9.17, 15) is 19.2 Å². The van der Waals surface area contributed by atoms with Crippen molar-refractivity contribution in [2.24, 2.45) is 0 Å². The van der Waals surface area contributed by atoms with E-state index in [-0.39, 0.29) is 17.6 Å². The first-order chi connectivity index (χ1) is 20.0. The van der Waals surface area contributed by atoms with E-state index >= 15 is 0 Å². The van der Waals surface area contributed by atoms with Crippen molar-refractivity contribution in [2.45, 2.75) is 19.3 Å². The molecule has 2 N–H and O–H groups in total. The molecule has 2 aliphatic rings. The predicted octanol–water partition coefficient (Wildman–Crippen LogP) is 3.60. The highest BCUT2D eigenvalue weighted by Crippen LogP contribution is 2.29. The third kappa shape index (κ3) is 7.05. The molecule has 0 aliphatic carbocycles. The Morgan fingerprint density at radius 2 is 1.71 bits per heavy atom. The van der Waals surface area contributed by atoms with Gasteiger partial charge in [0.2, 0.25) is 5.91 Å². The molecule has 11 heteroatoms. The Morgan fingerprint density at radius 3 is 2.41 bits per heavy atom. The minimum atomic E-state index is -0.436. The van der Waals surface area contributed by atoms with Crippen molar-refractivity contribution >= 4 is 35.2 Å². The van der Waals surface area contributed by atoms with Crippen LogP contribution in [0.3, 0.4) is 0 Å². The molecule has 11 nitrogen and oxygen atoms in total. The van der Waals surface area contributed by atoms with E-state index in [4.69, 9.17) is 9.15 Å². The number of likely N-dealkylation sites (tertiary alicyclic amines) is 1. The van der Waals surface area contributed by atoms with Gasteiger partial charge in [-0.3, -0.25) is 14.4 Å². The van der Waals surface area contributed by atoms with Gasteiger partial charge in [-0.05, 0) is 55.3 Å². The molecule has 2 aromatic carbocycles. The van der Waals surface area contributed by atoms with E-state index in [1.807, 2.05) is 11.0 Å². The molecule has 41 heavy (non-hydrogen) atoms. The summed E-state index contributed by atoms with van der Waals surface area (Å²) in [5.41, 5.74) is 1.58. The molecule has 5 rings (SSSR count). The summed E-state index contributed by atoms with van der Waals surface area (Å²) < 4.78 is 10.7. The maximum Gasteiger partial charge on any atom is 0.415 e. The van der Waals surface area contributed by atoms with Gasteiger partial charge >= 0.3 is 6.09 Å². The van der Waals surface area contributed by atoms with Crippen LogP contribution in [0.25, 0.3) is 0 Å². The molecule has 1 aromatic heterocycles. The summed E-state index contributed by atoms with van der Waals surface area (Å²) in [4.78, 5) is 55.7. The fourth-order valence-corrected chi connectivity index (χ4v) is 4.94. The zero-order valence-electron chi connectivity index (χ0n) is 22.7. The standard InChI is InChI=1S/C30H33N5O6/c36-27-10-4-14-34(27)15-6-13-31-28(37)22-11-12-25(24(21-22)32-29(38)26-9-5-20-40-26)33-16-18-35(19-17-33)30(39)41-23-7-2-1-3-8-23/h1-3,5,7-9,11-12,20-21H,4,6,10,13-19H2,(H,31,37)(H,32,38). The number of rotatable bonds is 9. The third-order valence-corrected chi connectivity index (χ3v) is 7.14. The van der Waals surface area contributed by atoms with Gasteiger partial charge < -0.3 is 34.5 Å². The van der Waals surface area contributed by atoms with Crippen molar-refractivity contribution in [3.63, 3.8) is 0 Å². The number of benzene rings is 2. The molecule has 2 aliphatic heterocycles. The van der Waals surface area contributed by atoms with Crippen molar-refractivity contribution in [1.29, 1.82) is 0 Å². The number of furan rings is 1. The molecular weight excluding hydrogens is 526 g/mol. The summed E-state index contributed by atoms with van der Waals surface area (Å²) in [6.45, 7) is 3.70. The molecule has 0 spiro atoms. The summed E-state index contributed by atoms with van der Waals surface area (Å²) in [6, 6.07) is 17.3. The average molecular weight is 560 g/mol. The zero-order valence-corrected chi connectivity index (χ0v) is 22.7. The van der Waals surface area contributed by atoms with Crippen LogP contribution in [0.1, 0.15) is 40.2 Å². The van der Waals surface area contributed by atoms with Gasteiger partial charge in [0.1, 0.15) is 5.75 Å². The van der Waals surface area contributed by atoms with Gasteiger partial charge in [-0.1, -0.05) is 18.2 Å². The summed E-state index contributed by atoms with van der Waals surface area (Å²) in [5, 5.41) is 5.78. The Labute approximate surface area is 238 Å². The van der Waals surface area contributed by atoms with Gasteiger partial charge in [0.15, 0.2) is 5.76 Å². The molecule has 0 unspecified atom stereocenters. The van der Waals surface area contributed by atoms with E-state index in [1.165, 1.54) is 6.26 Å². The first kappa shape index (κ1) is 27.8. The molecule has 0 saturated carbocycles. The number of amides is 4. The Hall–Kier alpha value is -4.80. The highest BCUT2D eigenvalue weighted by molar-refractivity contribution is 6.05. The Balaban J connectivity index is 1.23. The molecule has 4 amide bonds. The minimum absolute atomic E-state index is 0.149. The average Bonchev–Trinajstić information content (AvgIpc) is 3.68. The van der Waals surface area contributed by atoms with E-state index in [0.29, 0.717) is 69.1 Å². The van der Waals surface area contributed by atoms with Crippen LogP contribution in [0.2, 0.25) is 0 Å². The summed E-state index contributed by atoms with van der Waals surface area (Å²) in [6.07, 6.45) is 3.15. The quantitative estimate of drug-likeness (QED) is 0.384. The lowest BCUT2D eigenvalue weighted by Crippen LogP contribution is -2.49. The first-order valence-electron chi connectivity index (χ1n) is 13.8. The molecule has 0 radical (unpaired) electrons. The van der Waals surface area contributed by atoms with Crippen molar-refractivity contribution < 1.29 is 28.3 Å². The van der Waals surface area contributed by atoms with Crippen molar-refractivity contribution in [2.75, 3.05) is 56.0 Å². The fraction of sp³-hybridized carbons (Fsp3) is 0.333. The highest BCUT2D eigenvalue weighted by Gasteiger charge is 2.25. The van der Waals surface area contributed by atoms with E-state index in [0.717, 1.165) is 18.7 Å². The number of anilines is 2. The van der Waals surface area contributed by atoms with Gasteiger partial charge in [-0.25, -0.2) is 4.79 Å². The Morgan fingerprint density at radius 1 is 0.902 bits per heavy atom. The topological polar surface area (TPSA) is 124 Å². The number of hydrogen-bond donors (Lipinski definition) is 2. The van der Waals surface area contributed by atoms with Gasteiger partial charge in [0.25, 0.3) is 11.8 Å².